The monoisotopic (exact) mass is 649 g/mol. The lowest BCUT2D eigenvalue weighted by molar-refractivity contribution is -0.138. The summed E-state index contributed by atoms with van der Waals surface area (Å²) in [6.45, 7) is 14.8. The van der Waals surface area contributed by atoms with Crippen LogP contribution in [0.25, 0.3) is 0 Å². The quantitative estimate of drug-likeness (QED) is 0.0659. The molecular formula is C39H84O6. The first kappa shape index (κ1) is 53.4. The molecule has 0 aromatic carbocycles. The van der Waals surface area contributed by atoms with Gasteiger partial charge in [0.2, 0.25) is 0 Å². The number of hydrogen-bond acceptors (Lipinski definition) is 4. The Hall–Kier alpha value is -1.14. The minimum atomic E-state index is -0.663. The van der Waals surface area contributed by atoms with Gasteiger partial charge in [0, 0.05) is 12.8 Å². The molecule has 0 saturated heterocycles. The lowest BCUT2D eigenvalue weighted by atomic mass is 10.1. The van der Waals surface area contributed by atoms with Gasteiger partial charge in [-0.3, -0.25) is 9.59 Å². The number of aliphatic carboxylic acids is 2. The highest BCUT2D eigenvalue weighted by atomic mass is 16.4. The molecule has 45 heavy (non-hydrogen) atoms. The average molecular weight is 649 g/mol. The second-order valence-electron chi connectivity index (χ2n) is 12.4. The van der Waals surface area contributed by atoms with Crippen LogP contribution < -0.4 is 0 Å². The summed E-state index contributed by atoms with van der Waals surface area (Å²) in [5, 5.41) is 32.7. The van der Waals surface area contributed by atoms with Crippen molar-refractivity contribution in [2.45, 2.75) is 234 Å². The first-order valence-corrected chi connectivity index (χ1v) is 19.4. The topological polar surface area (TPSA) is 115 Å². The van der Waals surface area contributed by atoms with Crippen LogP contribution in [0.4, 0.5) is 0 Å². The van der Waals surface area contributed by atoms with Crippen LogP contribution >= 0.6 is 0 Å². The molecule has 0 aromatic heterocycles. The molecule has 0 heterocycles. The molecule has 1 atom stereocenters. The summed E-state index contributed by atoms with van der Waals surface area (Å²) in [7, 11) is 0. The Morgan fingerprint density at radius 3 is 0.689 bits per heavy atom. The van der Waals surface area contributed by atoms with Gasteiger partial charge in [-0.25, -0.2) is 0 Å². The molecule has 0 aliphatic carbocycles. The number of aliphatic hydroxyl groups excluding tert-OH is 2. The van der Waals surface area contributed by atoms with E-state index in [1.165, 1.54) is 148 Å². The van der Waals surface area contributed by atoms with E-state index in [9.17, 15) is 9.59 Å². The summed E-state index contributed by atoms with van der Waals surface area (Å²) < 4.78 is 0. The molecule has 0 aliphatic heterocycles. The second-order valence-corrected chi connectivity index (χ2v) is 12.4. The lowest BCUT2D eigenvalue weighted by Crippen LogP contribution is -2.03. The molecule has 6 nitrogen and oxygen atoms in total. The van der Waals surface area contributed by atoms with Gasteiger partial charge in [-0.1, -0.05) is 196 Å². The summed E-state index contributed by atoms with van der Waals surface area (Å²) in [6.07, 6.45) is 33.7. The largest absolute Gasteiger partial charge is 0.481 e. The molecule has 0 rings (SSSR count). The molecule has 0 fully saturated rings. The Morgan fingerprint density at radius 2 is 0.556 bits per heavy atom. The molecule has 6 heteroatoms. The second kappa shape index (κ2) is 55.3. The highest BCUT2D eigenvalue weighted by Gasteiger charge is 1.96. The van der Waals surface area contributed by atoms with Crippen molar-refractivity contribution in [3.8, 4) is 0 Å². The minimum absolute atomic E-state index is 0.139. The van der Waals surface area contributed by atoms with E-state index >= 15 is 0 Å². The minimum Gasteiger partial charge on any atom is -0.481 e. The van der Waals surface area contributed by atoms with Crippen LogP contribution in [-0.4, -0.2) is 45.1 Å². The Balaban J connectivity index is -0.000000153. The summed E-state index contributed by atoms with van der Waals surface area (Å²) in [5.74, 6) is -1.33. The number of unbranched alkanes of at least 4 members (excludes halogenated alkanes) is 22. The van der Waals surface area contributed by atoms with Gasteiger partial charge >= 0.3 is 11.9 Å². The van der Waals surface area contributed by atoms with E-state index in [-0.39, 0.29) is 6.61 Å². The first-order valence-electron chi connectivity index (χ1n) is 19.4. The fourth-order valence-corrected chi connectivity index (χ4v) is 4.17. The summed E-state index contributed by atoms with van der Waals surface area (Å²) in [4.78, 5) is 20.3. The Bertz CT molecular complexity index is 444. The van der Waals surface area contributed by atoms with Crippen molar-refractivity contribution < 1.29 is 30.0 Å². The van der Waals surface area contributed by atoms with Gasteiger partial charge in [0.25, 0.3) is 0 Å². The Labute approximate surface area is 282 Å². The van der Waals surface area contributed by atoms with E-state index in [2.05, 4.69) is 41.5 Å². The predicted molar refractivity (Wildman–Crippen MR) is 197 cm³/mol. The van der Waals surface area contributed by atoms with Gasteiger partial charge in [-0.05, 0) is 19.8 Å². The molecule has 0 radical (unpaired) electrons. The number of carboxylic acids is 2. The van der Waals surface area contributed by atoms with Gasteiger partial charge in [0.1, 0.15) is 0 Å². The Kier molecular flexibility index (Phi) is 65.5. The molecule has 0 aliphatic rings. The third-order valence-corrected chi connectivity index (χ3v) is 7.17. The van der Waals surface area contributed by atoms with Crippen molar-refractivity contribution in [2.24, 2.45) is 0 Å². The number of carbonyl (C=O) groups is 2. The average Bonchev–Trinajstić information content (AvgIpc) is 3.01. The van der Waals surface area contributed by atoms with Gasteiger partial charge in [-0.2, -0.15) is 0 Å². The standard InChI is InChI=1S/2C10H20O2.2C8H18.C3H8O2/c2*1-2-3-4-5-6-7-8-9-10(11)12;2*1-3-5-7-8-6-4-2;1-3(5)2-4/h2*2-9H2,1H3,(H,11,12);2*3-8H2,1-2H3;3-5H,2H2,1H3. The number of rotatable bonds is 27. The van der Waals surface area contributed by atoms with Crippen LogP contribution in [0.3, 0.4) is 0 Å². The zero-order valence-corrected chi connectivity index (χ0v) is 31.7. The van der Waals surface area contributed by atoms with Crippen LogP contribution in [0.2, 0.25) is 0 Å². The van der Waals surface area contributed by atoms with E-state index in [0.29, 0.717) is 12.8 Å². The van der Waals surface area contributed by atoms with Crippen molar-refractivity contribution in [1.82, 2.24) is 0 Å². The van der Waals surface area contributed by atoms with Gasteiger partial charge in [0.15, 0.2) is 0 Å². The third-order valence-electron chi connectivity index (χ3n) is 7.17. The number of aliphatic hydroxyl groups is 2. The maximum absolute atomic E-state index is 10.1. The lowest BCUT2D eigenvalue weighted by Gasteiger charge is -1.98. The van der Waals surface area contributed by atoms with Gasteiger partial charge < -0.3 is 20.4 Å². The normalized spacial score (nSPS) is 10.5. The molecule has 0 amide bonds. The third kappa shape index (κ3) is 85.9. The first-order chi connectivity index (χ1) is 21.6. The zero-order valence-electron chi connectivity index (χ0n) is 31.7. The molecule has 0 aromatic rings. The van der Waals surface area contributed by atoms with Crippen molar-refractivity contribution >= 4 is 11.9 Å². The smallest absolute Gasteiger partial charge is 0.303 e. The van der Waals surface area contributed by atoms with Crippen LogP contribution in [0.15, 0.2) is 0 Å². The fourth-order valence-electron chi connectivity index (χ4n) is 4.17. The summed E-state index contributed by atoms with van der Waals surface area (Å²) in [5.41, 5.74) is 0. The highest BCUT2D eigenvalue weighted by molar-refractivity contribution is 5.66. The molecule has 0 saturated carbocycles. The Morgan fingerprint density at radius 1 is 0.400 bits per heavy atom. The van der Waals surface area contributed by atoms with Crippen LogP contribution in [0, 0.1) is 0 Å². The van der Waals surface area contributed by atoms with E-state index in [4.69, 9.17) is 20.4 Å². The molecular weight excluding hydrogens is 564 g/mol. The van der Waals surface area contributed by atoms with Crippen molar-refractivity contribution in [1.29, 1.82) is 0 Å². The number of carboxylic acid groups (broad SMARTS) is 2. The van der Waals surface area contributed by atoms with E-state index in [1.54, 1.807) is 0 Å². The maximum atomic E-state index is 10.1. The SMILES string of the molecule is CC(O)CO.CCCCCCCC.CCCCCCCC.CCCCCCCCCC(=O)O.CCCCCCCCCC(=O)O. The highest BCUT2D eigenvalue weighted by Crippen LogP contribution is 2.09. The zero-order chi connectivity index (χ0) is 35.2. The maximum Gasteiger partial charge on any atom is 0.303 e. The number of hydrogen-bond donors (Lipinski definition) is 4. The van der Waals surface area contributed by atoms with E-state index < -0.39 is 18.0 Å². The summed E-state index contributed by atoms with van der Waals surface area (Å²) in [6, 6.07) is 0. The fraction of sp³-hybridized carbons (Fsp3) is 0.949. The van der Waals surface area contributed by atoms with Gasteiger partial charge in [0.05, 0.1) is 12.7 Å². The molecule has 0 spiro atoms. The van der Waals surface area contributed by atoms with Crippen LogP contribution in [-0.2, 0) is 9.59 Å². The van der Waals surface area contributed by atoms with Crippen molar-refractivity contribution in [2.75, 3.05) is 6.61 Å². The molecule has 4 N–H and O–H groups in total. The van der Waals surface area contributed by atoms with Gasteiger partial charge in [-0.15, -0.1) is 0 Å². The molecule has 1 unspecified atom stereocenters. The summed E-state index contributed by atoms with van der Waals surface area (Å²) >= 11 is 0. The van der Waals surface area contributed by atoms with Crippen LogP contribution in [0.5, 0.6) is 0 Å². The van der Waals surface area contributed by atoms with Crippen molar-refractivity contribution in [3.63, 3.8) is 0 Å². The molecule has 276 valence electrons. The molecule has 0 bridgehead atoms. The van der Waals surface area contributed by atoms with Crippen molar-refractivity contribution in [3.05, 3.63) is 0 Å². The van der Waals surface area contributed by atoms with E-state index in [1.807, 2.05) is 0 Å². The van der Waals surface area contributed by atoms with E-state index in [0.717, 1.165) is 25.7 Å². The predicted octanol–water partition coefficient (Wildman–Crippen LogP) is 12.5. The van der Waals surface area contributed by atoms with Crippen LogP contribution in [0.1, 0.15) is 228 Å².